The third kappa shape index (κ3) is 3.03. The maximum Gasteiger partial charge on any atom is 0.231 e. The van der Waals surface area contributed by atoms with Gasteiger partial charge in [0.15, 0.2) is 11.5 Å². The number of aromatic nitrogens is 2. The van der Waals surface area contributed by atoms with Crippen LogP contribution in [0.3, 0.4) is 0 Å². The quantitative estimate of drug-likeness (QED) is 0.886. The molecular weight excluding hydrogens is 266 g/mol. The van der Waals surface area contributed by atoms with Gasteiger partial charge in [-0.1, -0.05) is 13.0 Å². The van der Waals surface area contributed by atoms with Crippen LogP contribution in [-0.4, -0.2) is 16.6 Å². The van der Waals surface area contributed by atoms with Gasteiger partial charge in [0.25, 0.3) is 0 Å². The van der Waals surface area contributed by atoms with E-state index in [4.69, 9.17) is 9.47 Å². The third-order valence-corrected chi connectivity index (χ3v) is 3.65. The Kier molecular flexibility index (Phi) is 4.10. The molecule has 5 heteroatoms. The number of ether oxygens (including phenoxy) is 2. The summed E-state index contributed by atoms with van der Waals surface area (Å²) < 4.78 is 12.8. The zero-order chi connectivity index (χ0) is 14.7. The average molecular weight is 287 g/mol. The van der Waals surface area contributed by atoms with Gasteiger partial charge in [-0.3, -0.25) is 4.68 Å². The van der Waals surface area contributed by atoms with Crippen molar-refractivity contribution in [3.05, 3.63) is 41.2 Å². The summed E-state index contributed by atoms with van der Waals surface area (Å²) in [6.07, 6.45) is 0.974. The largest absolute Gasteiger partial charge is 0.454 e. The van der Waals surface area contributed by atoms with E-state index in [2.05, 4.69) is 41.1 Å². The number of hydrogen-bond donors (Lipinski definition) is 1. The molecule has 1 aliphatic heterocycles. The van der Waals surface area contributed by atoms with E-state index in [1.807, 2.05) is 12.1 Å². The second kappa shape index (κ2) is 6.18. The molecule has 0 unspecified atom stereocenters. The lowest BCUT2D eigenvalue weighted by Crippen LogP contribution is -2.16. The summed E-state index contributed by atoms with van der Waals surface area (Å²) in [6.45, 7) is 7.09. The average Bonchev–Trinajstić information content (AvgIpc) is 3.12. The van der Waals surface area contributed by atoms with Crippen LogP contribution in [-0.2, 0) is 26.1 Å². The van der Waals surface area contributed by atoms with Gasteiger partial charge >= 0.3 is 0 Å². The highest BCUT2D eigenvalue weighted by molar-refractivity contribution is 5.44. The monoisotopic (exact) mass is 287 g/mol. The second-order valence-corrected chi connectivity index (χ2v) is 5.09. The van der Waals surface area contributed by atoms with Crippen LogP contribution >= 0.6 is 0 Å². The zero-order valence-electron chi connectivity index (χ0n) is 12.6. The van der Waals surface area contributed by atoms with E-state index in [1.54, 1.807) is 0 Å². The number of rotatable bonds is 6. The van der Waals surface area contributed by atoms with Gasteiger partial charge in [-0.15, -0.1) is 0 Å². The SMILES string of the molecule is CCc1cc(CNCc2ccc3c(c2)OCO3)n(CC)n1. The molecular formula is C16H21N3O2. The first-order valence-electron chi connectivity index (χ1n) is 7.45. The maximum atomic E-state index is 5.39. The first-order valence-corrected chi connectivity index (χ1v) is 7.45. The number of benzene rings is 1. The Morgan fingerprint density at radius 3 is 2.81 bits per heavy atom. The molecule has 3 rings (SSSR count). The van der Waals surface area contributed by atoms with E-state index in [1.165, 1.54) is 11.3 Å². The topological polar surface area (TPSA) is 48.3 Å². The summed E-state index contributed by atoms with van der Waals surface area (Å²) in [7, 11) is 0. The van der Waals surface area contributed by atoms with Gasteiger partial charge < -0.3 is 14.8 Å². The molecule has 0 aliphatic carbocycles. The molecule has 21 heavy (non-hydrogen) atoms. The molecule has 112 valence electrons. The number of fused-ring (bicyclic) bond motifs is 1. The van der Waals surface area contributed by atoms with E-state index in [-0.39, 0.29) is 0 Å². The van der Waals surface area contributed by atoms with Crippen molar-refractivity contribution in [2.24, 2.45) is 0 Å². The molecule has 1 aromatic carbocycles. The van der Waals surface area contributed by atoms with Gasteiger partial charge in [-0.2, -0.15) is 5.10 Å². The summed E-state index contributed by atoms with van der Waals surface area (Å²) in [5.74, 6) is 1.66. The van der Waals surface area contributed by atoms with Crippen molar-refractivity contribution < 1.29 is 9.47 Å². The van der Waals surface area contributed by atoms with Crippen LogP contribution in [0, 0.1) is 0 Å². The fourth-order valence-corrected chi connectivity index (χ4v) is 2.49. The van der Waals surface area contributed by atoms with E-state index < -0.39 is 0 Å². The minimum Gasteiger partial charge on any atom is -0.454 e. The van der Waals surface area contributed by atoms with Crippen LogP contribution < -0.4 is 14.8 Å². The molecule has 0 saturated carbocycles. The van der Waals surface area contributed by atoms with E-state index in [9.17, 15) is 0 Å². The Hall–Kier alpha value is -2.01. The lowest BCUT2D eigenvalue weighted by molar-refractivity contribution is 0.174. The Bertz CT molecular complexity index is 622. The summed E-state index contributed by atoms with van der Waals surface area (Å²) in [4.78, 5) is 0. The molecule has 2 aromatic rings. The molecule has 0 saturated heterocycles. The molecule has 0 atom stereocenters. The van der Waals surface area contributed by atoms with Crippen LogP contribution in [0.1, 0.15) is 30.8 Å². The molecule has 1 N–H and O–H groups in total. The molecule has 0 spiro atoms. The maximum absolute atomic E-state index is 5.39. The van der Waals surface area contributed by atoms with Crippen LogP contribution in [0.4, 0.5) is 0 Å². The van der Waals surface area contributed by atoms with Gasteiger partial charge in [0.05, 0.1) is 11.4 Å². The van der Waals surface area contributed by atoms with Crippen molar-refractivity contribution in [2.75, 3.05) is 6.79 Å². The Morgan fingerprint density at radius 2 is 2.00 bits per heavy atom. The molecule has 0 fully saturated rings. The molecule has 1 aromatic heterocycles. The highest BCUT2D eigenvalue weighted by Crippen LogP contribution is 2.32. The minimum absolute atomic E-state index is 0.321. The van der Waals surface area contributed by atoms with Gasteiger partial charge in [-0.25, -0.2) is 0 Å². The summed E-state index contributed by atoms with van der Waals surface area (Å²) in [5.41, 5.74) is 3.57. The van der Waals surface area contributed by atoms with Gasteiger partial charge in [0.2, 0.25) is 6.79 Å². The summed E-state index contributed by atoms with van der Waals surface area (Å²) in [6, 6.07) is 8.24. The van der Waals surface area contributed by atoms with Gasteiger partial charge in [0, 0.05) is 19.6 Å². The van der Waals surface area contributed by atoms with E-state index in [0.717, 1.165) is 43.2 Å². The van der Waals surface area contributed by atoms with Crippen molar-refractivity contribution in [2.45, 2.75) is 39.9 Å². The summed E-state index contributed by atoms with van der Waals surface area (Å²) >= 11 is 0. The molecule has 2 heterocycles. The normalized spacial score (nSPS) is 12.9. The number of aryl methyl sites for hydroxylation is 2. The van der Waals surface area contributed by atoms with Gasteiger partial charge in [0.1, 0.15) is 0 Å². The summed E-state index contributed by atoms with van der Waals surface area (Å²) in [5, 5.41) is 8.02. The van der Waals surface area contributed by atoms with Crippen LogP contribution in [0.25, 0.3) is 0 Å². The fraction of sp³-hybridized carbons (Fsp3) is 0.438. The van der Waals surface area contributed by atoms with Crippen molar-refractivity contribution >= 4 is 0 Å². The first-order chi connectivity index (χ1) is 10.3. The zero-order valence-corrected chi connectivity index (χ0v) is 12.6. The minimum atomic E-state index is 0.321. The standard InChI is InChI=1S/C16H21N3O2/c1-3-13-8-14(19(4-2)18-13)10-17-9-12-5-6-15-16(7-12)21-11-20-15/h5-8,17H,3-4,9-11H2,1-2H3. The molecule has 1 aliphatic rings. The van der Waals surface area contributed by atoms with Crippen LogP contribution in [0.2, 0.25) is 0 Å². The molecule has 5 nitrogen and oxygen atoms in total. The Morgan fingerprint density at radius 1 is 1.14 bits per heavy atom. The fourth-order valence-electron chi connectivity index (χ4n) is 2.49. The first kappa shape index (κ1) is 13.9. The predicted octanol–water partition coefficient (Wildman–Crippen LogP) is 2.48. The number of nitrogens with one attached hydrogen (secondary N) is 1. The Labute approximate surface area is 124 Å². The Balaban J connectivity index is 1.59. The van der Waals surface area contributed by atoms with Crippen molar-refractivity contribution in [3.8, 4) is 11.5 Å². The third-order valence-electron chi connectivity index (χ3n) is 3.65. The van der Waals surface area contributed by atoms with Crippen molar-refractivity contribution in [1.29, 1.82) is 0 Å². The molecule has 0 bridgehead atoms. The number of nitrogens with zero attached hydrogens (tertiary/aromatic N) is 2. The van der Waals surface area contributed by atoms with E-state index >= 15 is 0 Å². The lowest BCUT2D eigenvalue weighted by Gasteiger charge is -2.07. The van der Waals surface area contributed by atoms with Crippen molar-refractivity contribution in [1.82, 2.24) is 15.1 Å². The molecule has 0 amide bonds. The predicted molar refractivity (Wildman–Crippen MR) is 80.4 cm³/mol. The number of hydrogen-bond acceptors (Lipinski definition) is 4. The van der Waals surface area contributed by atoms with Crippen molar-refractivity contribution in [3.63, 3.8) is 0 Å². The highest BCUT2D eigenvalue weighted by atomic mass is 16.7. The highest BCUT2D eigenvalue weighted by Gasteiger charge is 2.13. The van der Waals surface area contributed by atoms with Crippen LogP contribution in [0.5, 0.6) is 11.5 Å². The molecule has 0 radical (unpaired) electrons. The lowest BCUT2D eigenvalue weighted by atomic mass is 10.2. The van der Waals surface area contributed by atoms with Gasteiger partial charge in [-0.05, 0) is 37.1 Å². The van der Waals surface area contributed by atoms with E-state index in [0.29, 0.717) is 6.79 Å². The second-order valence-electron chi connectivity index (χ2n) is 5.09. The van der Waals surface area contributed by atoms with Crippen LogP contribution in [0.15, 0.2) is 24.3 Å². The smallest absolute Gasteiger partial charge is 0.231 e.